The van der Waals surface area contributed by atoms with Gasteiger partial charge in [0.25, 0.3) is 0 Å². The lowest BCUT2D eigenvalue weighted by Crippen LogP contribution is -2.27. The first-order valence-electron chi connectivity index (χ1n) is 5.74. The van der Waals surface area contributed by atoms with E-state index in [1.807, 2.05) is 0 Å². The summed E-state index contributed by atoms with van der Waals surface area (Å²) in [6, 6.07) is 9.12. The smallest absolute Gasteiger partial charge is 0.0177 e. The average molecular weight is 268 g/mol. The van der Waals surface area contributed by atoms with Gasteiger partial charge in [0, 0.05) is 10.5 Å². The Bertz CT molecular complexity index is 316. The van der Waals surface area contributed by atoms with Crippen LogP contribution in [0.25, 0.3) is 0 Å². The summed E-state index contributed by atoms with van der Waals surface area (Å²) in [6.45, 7) is 0. The van der Waals surface area contributed by atoms with Gasteiger partial charge >= 0.3 is 0 Å². The summed E-state index contributed by atoms with van der Waals surface area (Å²) in [5.41, 5.74) is 7.36. The highest BCUT2D eigenvalue weighted by Crippen LogP contribution is 2.27. The fourth-order valence-electron chi connectivity index (χ4n) is 2.39. The van der Waals surface area contributed by atoms with Gasteiger partial charge in [0.1, 0.15) is 0 Å². The minimum atomic E-state index is 0.462. The molecule has 0 amide bonds. The van der Waals surface area contributed by atoms with Gasteiger partial charge in [-0.15, -0.1) is 0 Å². The highest BCUT2D eigenvalue weighted by Gasteiger charge is 2.18. The van der Waals surface area contributed by atoms with Crippen LogP contribution in [0.3, 0.4) is 0 Å². The fraction of sp³-hybridized carbons (Fsp3) is 0.538. The minimum Gasteiger partial charge on any atom is -0.328 e. The van der Waals surface area contributed by atoms with Crippen molar-refractivity contribution >= 4 is 15.9 Å². The average Bonchev–Trinajstić information content (AvgIpc) is 2.22. The third-order valence-corrected chi connectivity index (χ3v) is 3.80. The van der Waals surface area contributed by atoms with Crippen molar-refractivity contribution in [2.75, 3.05) is 0 Å². The maximum atomic E-state index is 5.91. The van der Waals surface area contributed by atoms with Crippen molar-refractivity contribution in [3.05, 3.63) is 34.3 Å². The van der Waals surface area contributed by atoms with E-state index in [4.69, 9.17) is 5.73 Å². The molecule has 1 fully saturated rings. The van der Waals surface area contributed by atoms with E-state index in [-0.39, 0.29) is 0 Å². The maximum absolute atomic E-state index is 5.91. The predicted octanol–water partition coefficient (Wildman–Crippen LogP) is 3.51. The van der Waals surface area contributed by atoms with Crippen LogP contribution in [-0.2, 0) is 6.42 Å². The van der Waals surface area contributed by atoms with Crippen molar-refractivity contribution in [2.45, 2.75) is 38.1 Å². The van der Waals surface area contributed by atoms with E-state index in [2.05, 4.69) is 40.2 Å². The SMILES string of the molecule is NC1CCC(Cc2cccc(Br)c2)CC1. The number of hydrogen-bond acceptors (Lipinski definition) is 1. The molecule has 1 nitrogen and oxygen atoms in total. The van der Waals surface area contributed by atoms with Gasteiger partial charge in [0.05, 0.1) is 0 Å². The van der Waals surface area contributed by atoms with Crippen molar-refractivity contribution in [1.29, 1.82) is 0 Å². The number of nitrogens with two attached hydrogens (primary N) is 1. The standard InChI is InChI=1S/C13H18BrN/c14-12-3-1-2-11(9-12)8-10-4-6-13(15)7-5-10/h1-3,9-10,13H,4-8,15H2. The first-order chi connectivity index (χ1) is 7.24. The quantitative estimate of drug-likeness (QED) is 0.872. The molecule has 2 rings (SSSR count). The molecule has 1 aromatic rings. The summed E-state index contributed by atoms with van der Waals surface area (Å²) in [4.78, 5) is 0. The van der Waals surface area contributed by atoms with Gasteiger partial charge in [-0.3, -0.25) is 0 Å². The fourth-order valence-corrected chi connectivity index (χ4v) is 2.84. The van der Waals surface area contributed by atoms with Gasteiger partial charge in [-0.25, -0.2) is 0 Å². The zero-order chi connectivity index (χ0) is 10.7. The summed E-state index contributed by atoms with van der Waals surface area (Å²) < 4.78 is 1.19. The number of halogens is 1. The number of hydrogen-bond donors (Lipinski definition) is 1. The van der Waals surface area contributed by atoms with Crippen LogP contribution in [0.15, 0.2) is 28.7 Å². The molecule has 1 aliphatic carbocycles. The number of benzene rings is 1. The van der Waals surface area contributed by atoms with Crippen molar-refractivity contribution in [2.24, 2.45) is 11.7 Å². The van der Waals surface area contributed by atoms with E-state index >= 15 is 0 Å². The molecular formula is C13H18BrN. The summed E-state index contributed by atoms with van der Waals surface area (Å²) in [5.74, 6) is 0.846. The topological polar surface area (TPSA) is 26.0 Å². The second-order valence-corrected chi connectivity index (χ2v) is 5.53. The molecule has 82 valence electrons. The van der Waals surface area contributed by atoms with Crippen LogP contribution in [0.2, 0.25) is 0 Å². The molecule has 15 heavy (non-hydrogen) atoms. The molecule has 1 aliphatic rings. The van der Waals surface area contributed by atoms with Gasteiger partial charge in [0.2, 0.25) is 0 Å². The summed E-state index contributed by atoms with van der Waals surface area (Å²) in [7, 11) is 0. The van der Waals surface area contributed by atoms with Gasteiger partial charge in [-0.1, -0.05) is 28.1 Å². The summed E-state index contributed by atoms with van der Waals surface area (Å²) in [6.07, 6.45) is 6.23. The minimum absolute atomic E-state index is 0.462. The lowest BCUT2D eigenvalue weighted by molar-refractivity contribution is 0.325. The van der Waals surface area contributed by atoms with Crippen LogP contribution < -0.4 is 5.73 Å². The van der Waals surface area contributed by atoms with Crippen LogP contribution in [0.1, 0.15) is 31.2 Å². The molecule has 0 bridgehead atoms. The van der Waals surface area contributed by atoms with E-state index in [0.717, 1.165) is 5.92 Å². The van der Waals surface area contributed by atoms with Gasteiger partial charge in [0.15, 0.2) is 0 Å². The van der Waals surface area contributed by atoms with Crippen LogP contribution in [-0.4, -0.2) is 6.04 Å². The van der Waals surface area contributed by atoms with Crippen LogP contribution >= 0.6 is 15.9 Å². The van der Waals surface area contributed by atoms with Crippen molar-refractivity contribution < 1.29 is 0 Å². The predicted molar refractivity (Wildman–Crippen MR) is 67.8 cm³/mol. The zero-order valence-corrected chi connectivity index (χ0v) is 10.5. The first-order valence-corrected chi connectivity index (χ1v) is 6.53. The molecule has 0 heterocycles. The maximum Gasteiger partial charge on any atom is 0.0177 e. The third kappa shape index (κ3) is 3.32. The summed E-state index contributed by atoms with van der Waals surface area (Å²) in [5, 5.41) is 0. The zero-order valence-electron chi connectivity index (χ0n) is 8.95. The molecule has 1 saturated carbocycles. The van der Waals surface area contributed by atoms with Crippen molar-refractivity contribution in [3.63, 3.8) is 0 Å². The Morgan fingerprint density at radius 3 is 2.60 bits per heavy atom. The molecule has 0 aliphatic heterocycles. The van der Waals surface area contributed by atoms with E-state index < -0.39 is 0 Å². The Balaban J connectivity index is 1.92. The van der Waals surface area contributed by atoms with Gasteiger partial charge in [-0.2, -0.15) is 0 Å². The van der Waals surface area contributed by atoms with Crippen LogP contribution in [0.5, 0.6) is 0 Å². The van der Waals surface area contributed by atoms with E-state index in [9.17, 15) is 0 Å². The molecule has 1 aromatic carbocycles. The molecule has 0 atom stereocenters. The molecule has 2 N–H and O–H groups in total. The molecule has 0 aromatic heterocycles. The largest absolute Gasteiger partial charge is 0.328 e. The van der Waals surface area contributed by atoms with Gasteiger partial charge < -0.3 is 5.73 Å². The Morgan fingerprint density at radius 1 is 1.20 bits per heavy atom. The monoisotopic (exact) mass is 267 g/mol. The van der Waals surface area contributed by atoms with Crippen molar-refractivity contribution in [1.82, 2.24) is 0 Å². The van der Waals surface area contributed by atoms with Crippen molar-refractivity contribution in [3.8, 4) is 0 Å². The summed E-state index contributed by atoms with van der Waals surface area (Å²) >= 11 is 3.52. The first kappa shape index (κ1) is 11.2. The Labute approximate surface area is 100 Å². The third-order valence-electron chi connectivity index (χ3n) is 3.30. The second-order valence-electron chi connectivity index (χ2n) is 4.61. The van der Waals surface area contributed by atoms with Gasteiger partial charge in [-0.05, 0) is 55.7 Å². The Kier molecular flexibility index (Phi) is 3.81. The van der Waals surface area contributed by atoms with E-state index in [1.54, 1.807) is 0 Å². The van der Waals surface area contributed by atoms with Crippen LogP contribution in [0, 0.1) is 5.92 Å². The molecule has 2 heteroatoms. The normalized spacial score (nSPS) is 26.5. The molecule has 0 radical (unpaired) electrons. The Morgan fingerprint density at radius 2 is 1.93 bits per heavy atom. The van der Waals surface area contributed by atoms with E-state index in [0.29, 0.717) is 6.04 Å². The van der Waals surface area contributed by atoms with Crippen LogP contribution in [0.4, 0.5) is 0 Å². The molecule has 0 spiro atoms. The second kappa shape index (κ2) is 5.13. The highest BCUT2D eigenvalue weighted by atomic mass is 79.9. The molecule has 0 unspecified atom stereocenters. The Hall–Kier alpha value is -0.340. The lowest BCUT2D eigenvalue weighted by Gasteiger charge is -2.26. The molecular weight excluding hydrogens is 250 g/mol. The lowest BCUT2D eigenvalue weighted by atomic mass is 9.83. The number of rotatable bonds is 2. The molecule has 0 saturated heterocycles. The van der Waals surface area contributed by atoms with E-state index in [1.165, 1.54) is 42.1 Å². The highest BCUT2D eigenvalue weighted by molar-refractivity contribution is 9.10.